The maximum Gasteiger partial charge on any atom is 0.161 e. The Bertz CT molecular complexity index is 1550. The minimum absolute atomic E-state index is 0.301. The molecule has 5 aromatic heterocycles. The largest absolute Gasteiger partial charge is 0.321 e. The molecule has 6 aromatic rings. The molecule has 0 aliphatic heterocycles. The van der Waals surface area contributed by atoms with E-state index in [0.29, 0.717) is 28.3 Å². The topological polar surface area (TPSA) is 96.0 Å². The van der Waals surface area contributed by atoms with E-state index in [2.05, 4.69) is 30.1 Å². The highest BCUT2D eigenvalue weighted by atomic mass is 19.1. The number of nitrogens with one attached hydrogen (secondary N) is 2. The van der Waals surface area contributed by atoms with Gasteiger partial charge >= 0.3 is 0 Å². The third-order valence-electron chi connectivity index (χ3n) is 5.12. The van der Waals surface area contributed by atoms with E-state index in [0.717, 1.165) is 27.8 Å². The van der Waals surface area contributed by atoms with Gasteiger partial charge in [-0.2, -0.15) is 5.10 Å². The van der Waals surface area contributed by atoms with Gasteiger partial charge in [0.2, 0.25) is 0 Å². The molecule has 0 unspecified atom stereocenters. The predicted molar refractivity (Wildman–Crippen MR) is 115 cm³/mol. The highest BCUT2D eigenvalue weighted by Gasteiger charge is 2.17. The van der Waals surface area contributed by atoms with Crippen LogP contribution in [-0.2, 0) is 0 Å². The summed E-state index contributed by atoms with van der Waals surface area (Å²) in [5.74, 6) is 0.252. The van der Waals surface area contributed by atoms with Crippen LogP contribution in [0.4, 0.5) is 4.39 Å². The van der Waals surface area contributed by atoms with Crippen molar-refractivity contribution in [1.29, 1.82) is 0 Å². The molecule has 0 atom stereocenters. The summed E-state index contributed by atoms with van der Waals surface area (Å²) in [6.07, 6.45) is 5.18. The molecule has 1 aromatic carbocycles. The van der Waals surface area contributed by atoms with E-state index in [1.54, 1.807) is 24.7 Å². The Morgan fingerprint density at radius 1 is 0.806 bits per heavy atom. The number of hydrogen-bond donors (Lipinski definition) is 2. The highest BCUT2D eigenvalue weighted by molar-refractivity contribution is 5.95. The van der Waals surface area contributed by atoms with Gasteiger partial charge in [-0.3, -0.25) is 10.1 Å². The highest BCUT2D eigenvalue weighted by Crippen LogP contribution is 2.31. The lowest BCUT2D eigenvalue weighted by Crippen LogP contribution is -1.86. The average molecular weight is 407 g/mol. The number of nitrogens with zero attached hydrogens (tertiary/aromatic N) is 5. The minimum Gasteiger partial charge on any atom is -0.321 e. The van der Waals surface area contributed by atoms with Gasteiger partial charge in [-0.15, -0.1) is 0 Å². The quantitative estimate of drug-likeness (QED) is 0.441. The van der Waals surface area contributed by atoms with Crippen LogP contribution < -0.4 is 0 Å². The first kappa shape index (κ1) is 17.4. The molecule has 0 bridgehead atoms. The lowest BCUT2D eigenvalue weighted by atomic mass is 10.1. The second-order valence-corrected chi connectivity index (χ2v) is 7.06. The third kappa shape index (κ3) is 2.93. The molecule has 31 heavy (non-hydrogen) atoms. The Labute approximate surface area is 175 Å². The Hall–Kier alpha value is -4.46. The Morgan fingerprint density at radius 2 is 1.77 bits per heavy atom. The SMILES string of the molecule is Fc1cccc(-c2ccnc3[nH]c(-c4n[nH]c5ncc(-c6ccccn6)cc45)nc23)c1. The van der Waals surface area contributed by atoms with Crippen molar-refractivity contribution in [1.82, 2.24) is 35.1 Å². The Balaban J connectivity index is 1.52. The fourth-order valence-electron chi connectivity index (χ4n) is 3.67. The molecular weight excluding hydrogens is 393 g/mol. The van der Waals surface area contributed by atoms with Gasteiger partial charge in [0.15, 0.2) is 17.1 Å². The van der Waals surface area contributed by atoms with Crippen molar-refractivity contribution in [3.63, 3.8) is 0 Å². The number of benzene rings is 1. The number of H-pyrrole nitrogens is 2. The molecule has 0 aliphatic carbocycles. The minimum atomic E-state index is -0.301. The lowest BCUT2D eigenvalue weighted by Gasteiger charge is -2.02. The fraction of sp³-hybridized carbons (Fsp3) is 0. The van der Waals surface area contributed by atoms with Crippen LogP contribution in [0.3, 0.4) is 0 Å². The zero-order valence-corrected chi connectivity index (χ0v) is 16.0. The molecular formula is C23H14FN7. The van der Waals surface area contributed by atoms with Crippen molar-refractivity contribution < 1.29 is 4.39 Å². The van der Waals surface area contributed by atoms with Gasteiger partial charge in [-0.05, 0) is 42.0 Å². The molecule has 5 heterocycles. The molecule has 148 valence electrons. The van der Waals surface area contributed by atoms with Gasteiger partial charge in [-0.1, -0.05) is 18.2 Å². The summed E-state index contributed by atoms with van der Waals surface area (Å²) in [5.41, 5.74) is 5.75. The van der Waals surface area contributed by atoms with Crippen molar-refractivity contribution in [3.8, 4) is 33.9 Å². The molecule has 6 rings (SSSR count). The summed E-state index contributed by atoms with van der Waals surface area (Å²) in [6.45, 7) is 0. The molecule has 0 fully saturated rings. The number of hydrogen-bond acceptors (Lipinski definition) is 5. The first-order valence-corrected chi connectivity index (χ1v) is 9.63. The number of rotatable bonds is 3. The van der Waals surface area contributed by atoms with Gasteiger partial charge < -0.3 is 4.98 Å². The molecule has 0 aliphatic rings. The zero-order valence-electron chi connectivity index (χ0n) is 16.0. The van der Waals surface area contributed by atoms with Crippen LogP contribution in [0, 0.1) is 5.82 Å². The Morgan fingerprint density at radius 3 is 2.65 bits per heavy atom. The van der Waals surface area contributed by atoms with Gasteiger partial charge in [0, 0.05) is 29.7 Å². The number of fused-ring (bicyclic) bond motifs is 2. The molecule has 0 spiro atoms. The van der Waals surface area contributed by atoms with Gasteiger partial charge in [0.25, 0.3) is 0 Å². The van der Waals surface area contributed by atoms with Gasteiger partial charge in [-0.25, -0.2) is 19.3 Å². The monoisotopic (exact) mass is 407 g/mol. The van der Waals surface area contributed by atoms with E-state index in [1.165, 1.54) is 12.1 Å². The number of imidazole rings is 1. The van der Waals surface area contributed by atoms with Crippen molar-refractivity contribution in [2.75, 3.05) is 0 Å². The van der Waals surface area contributed by atoms with Crippen LogP contribution in [0.1, 0.15) is 0 Å². The summed E-state index contributed by atoms with van der Waals surface area (Å²) in [6, 6.07) is 16.0. The van der Waals surface area contributed by atoms with Gasteiger partial charge in [0.05, 0.1) is 11.1 Å². The second kappa shape index (κ2) is 6.81. The molecule has 0 saturated heterocycles. The number of halogens is 1. The van der Waals surface area contributed by atoms with E-state index in [1.807, 2.05) is 36.4 Å². The fourth-order valence-corrected chi connectivity index (χ4v) is 3.67. The van der Waals surface area contributed by atoms with Crippen LogP contribution in [-0.4, -0.2) is 35.1 Å². The lowest BCUT2D eigenvalue weighted by molar-refractivity contribution is 0.628. The second-order valence-electron chi connectivity index (χ2n) is 7.06. The third-order valence-corrected chi connectivity index (χ3v) is 5.12. The van der Waals surface area contributed by atoms with Crippen molar-refractivity contribution in [3.05, 3.63) is 79.0 Å². The van der Waals surface area contributed by atoms with Crippen LogP contribution in [0.5, 0.6) is 0 Å². The number of pyridine rings is 3. The summed E-state index contributed by atoms with van der Waals surface area (Å²) in [4.78, 5) is 21.2. The zero-order chi connectivity index (χ0) is 20.8. The summed E-state index contributed by atoms with van der Waals surface area (Å²) >= 11 is 0. The van der Waals surface area contributed by atoms with Crippen LogP contribution in [0.15, 0.2) is 73.2 Å². The van der Waals surface area contributed by atoms with Crippen molar-refractivity contribution in [2.45, 2.75) is 0 Å². The van der Waals surface area contributed by atoms with Crippen LogP contribution >= 0.6 is 0 Å². The van der Waals surface area contributed by atoms with E-state index in [-0.39, 0.29) is 5.82 Å². The smallest absolute Gasteiger partial charge is 0.161 e. The first-order chi connectivity index (χ1) is 15.3. The van der Waals surface area contributed by atoms with Crippen LogP contribution in [0.25, 0.3) is 56.1 Å². The van der Waals surface area contributed by atoms with E-state index in [4.69, 9.17) is 4.98 Å². The molecule has 0 saturated carbocycles. The standard InChI is InChI=1S/C23H14FN7/c24-15-5-3-4-13(10-15)16-7-9-26-22-19(16)28-23(29-22)20-17-11-14(12-27-21(17)31-30-20)18-6-1-2-8-25-18/h1-12H,(H,26,28,29)(H,27,30,31). The molecule has 2 N–H and O–H groups in total. The maximum absolute atomic E-state index is 13.8. The molecule has 8 heteroatoms. The van der Waals surface area contributed by atoms with E-state index >= 15 is 0 Å². The summed E-state index contributed by atoms with van der Waals surface area (Å²) in [7, 11) is 0. The first-order valence-electron chi connectivity index (χ1n) is 9.63. The number of aromatic nitrogens is 7. The predicted octanol–water partition coefficient (Wildman–Crippen LogP) is 4.76. The maximum atomic E-state index is 13.8. The average Bonchev–Trinajstić information content (AvgIpc) is 3.43. The summed E-state index contributed by atoms with van der Waals surface area (Å²) < 4.78 is 13.8. The molecule has 0 radical (unpaired) electrons. The molecule has 0 amide bonds. The van der Waals surface area contributed by atoms with Crippen molar-refractivity contribution in [2.24, 2.45) is 0 Å². The van der Waals surface area contributed by atoms with Gasteiger partial charge in [0.1, 0.15) is 17.0 Å². The molecule has 7 nitrogen and oxygen atoms in total. The number of aromatic amines is 2. The normalized spacial score (nSPS) is 11.4. The Kier molecular flexibility index (Phi) is 3.82. The van der Waals surface area contributed by atoms with Crippen molar-refractivity contribution >= 4 is 22.2 Å². The van der Waals surface area contributed by atoms with E-state index < -0.39 is 0 Å². The van der Waals surface area contributed by atoms with E-state index in [9.17, 15) is 4.39 Å². The van der Waals surface area contributed by atoms with Crippen LogP contribution in [0.2, 0.25) is 0 Å². The summed E-state index contributed by atoms with van der Waals surface area (Å²) in [5, 5.41) is 8.19.